The Morgan fingerprint density at radius 3 is 2.51 bits per heavy atom. The van der Waals surface area contributed by atoms with Gasteiger partial charge in [-0.05, 0) is 79.6 Å². The van der Waals surface area contributed by atoms with Gasteiger partial charge in [0.2, 0.25) is 10.0 Å². The van der Waals surface area contributed by atoms with E-state index < -0.39 is 16.1 Å². The Hall–Kier alpha value is -3.86. The average molecular weight is 579 g/mol. The van der Waals surface area contributed by atoms with Gasteiger partial charge in [0.05, 0.1) is 18.0 Å². The fraction of sp³-hybridized carbons (Fsp3) is 0.323. The Morgan fingerprint density at radius 2 is 1.76 bits per heavy atom. The third-order valence-electron chi connectivity index (χ3n) is 6.85. The van der Waals surface area contributed by atoms with Crippen LogP contribution in [0.15, 0.2) is 72.8 Å². The molecule has 0 radical (unpaired) electrons. The lowest BCUT2D eigenvalue weighted by Gasteiger charge is -2.18. The summed E-state index contributed by atoms with van der Waals surface area (Å²) >= 11 is 0. The lowest BCUT2D eigenvalue weighted by Crippen LogP contribution is -2.32. The number of rotatable bonds is 14. The first-order chi connectivity index (χ1) is 19.6. The molecule has 0 fully saturated rings. The molecule has 0 unspecified atom stereocenters. The van der Waals surface area contributed by atoms with Gasteiger partial charge in [-0.3, -0.25) is 9.52 Å². The molecule has 6 N–H and O–H groups in total. The quantitative estimate of drug-likeness (QED) is 0.0975. The average Bonchev–Trinajstić information content (AvgIpc) is 3.36. The highest BCUT2D eigenvalue weighted by Gasteiger charge is 2.15. The number of unbranched alkanes of at least 4 members (excludes halogenated alkanes) is 1. The number of phenols is 1. The molecule has 2 atom stereocenters. The predicted octanol–water partition coefficient (Wildman–Crippen LogP) is 4.25. The van der Waals surface area contributed by atoms with Crippen molar-refractivity contribution in [3.8, 4) is 5.75 Å². The van der Waals surface area contributed by atoms with Crippen molar-refractivity contribution in [3.05, 3.63) is 95.2 Å². The Balaban J connectivity index is 1.25. The van der Waals surface area contributed by atoms with E-state index >= 15 is 0 Å². The number of aryl methyl sites for hydroxylation is 1. The molecule has 0 aliphatic rings. The number of hydrogen-bond donors (Lipinski definition) is 6. The Morgan fingerprint density at radius 1 is 0.976 bits per heavy atom. The number of H-pyrrole nitrogens is 1. The summed E-state index contributed by atoms with van der Waals surface area (Å²) in [6.07, 6.45) is 3.72. The molecule has 218 valence electrons. The van der Waals surface area contributed by atoms with Gasteiger partial charge in [-0.2, -0.15) is 0 Å². The number of phenolic OH excluding ortho intramolecular Hbond substituents is 1. The summed E-state index contributed by atoms with van der Waals surface area (Å²) in [5, 5.41) is 27.8. The van der Waals surface area contributed by atoms with E-state index in [2.05, 4.69) is 38.5 Å². The zero-order valence-electron chi connectivity index (χ0n) is 23.4. The van der Waals surface area contributed by atoms with E-state index in [0.717, 1.165) is 42.0 Å². The second-order valence-electron chi connectivity index (χ2n) is 10.5. The number of hydrogen-bond acceptors (Lipinski definition) is 6. The third-order valence-corrected chi connectivity index (χ3v) is 7.44. The summed E-state index contributed by atoms with van der Waals surface area (Å²) in [7, 11) is -3.57. The van der Waals surface area contributed by atoms with Crippen LogP contribution in [0.2, 0.25) is 0 Å². The van der Waals surface area contributed by atoms with Crippen molar-refractivity contribution in [2.75, 3.05) is 24.1 Å². The summed E-state index contributed by atoms with van der Waals surface area (Å²) in [4.78, 5) is 15.9. The van der Waals surface area contributed by atoms with Gasteiger partial charge in [0.15, 0.2) is 0 Å². The van der Waals surface area contributed by atoms with Crippen molar-refractivity contribution < 1.29 is 23.4 Å². The van der Waals surface area contributed by atoms with Gasteiger partial charge in [-0.15, -0.1) is 0 Å². The molecule has 1 aromatic heterocycles. The van der Waals surface area contributed by atoms with Crippen LogP contribution in [0.5, 0.6) is 5.75 Å². The maximum Gasteiger partial charge on any atom is 0.267 e. The Kier molecular flexibility index (Phi) is 10.0. The Bertz CT molecular complexity index is 1570. The predicted molar refractivity (Wildman–Crippen MR) is 163 cm³/mol. The van der Waals surface area contributed by atoms with Gasteiger partial charge in [0, 0.05) is 30.0 Å². The van der Waals surface area contributed by atoms with E-state index in [-0.39, 0.29) is 29.9 Å². The number of aliphatic hydroxyl groups excluding tert-OH is 1. The molecule has 10 heteroatoms. The first-order valence-corrected chi connectivity index (χ1v) is 15.6. The Labute approximate surface area is 241 Å². The molecule has 0 bridgehead atoms. The van der Waals surface area contributed by atoms with Gasteiger partial charge in [-0.1, -0.05) is 42.5 Å². The fourth-order valence-electron chi connectivity index (χ4n) is 4.73. The van der Waals surface area contributed by atoms with Crippen LogP contribution >= 0.6 is 0 Å². The number of aromatic nitrogens is 1. The maximum atomic E-state index is 12.7. The first-order valence-electron chi connectivity index (χ1n) is 13.7. The number of aromatic hydroxyl groups is 1. The van der Waals surface area contributed by atoms with Gasteiger partial charge < -0.3 is 25.8 Å². The van der Waals surface area contributed by atoms with E-state index in [1.807, 2.05) is 43.3 Å². The molecule has 3 aromatic carbocycles. The number of sulfonamides is 1. The van der Waals surface area contributed by atoms with E-state index in [1.54, 1.807) is 6.07 Å². The van der Waals surface area contributed by atoms with Crippen molar-refractivity contribution in [2.45, 2.75) is 44.8 Å². The molecular weight excluding hydrogens is 540 g/mol. The number of carbonyl (C=O) groups excluding carboxylic acids is 1. The summed E-state index contributed by atoms with van der Waals surface area (Å²) in [6.45, 7) is 2.88. The highest BCUT2D eigenvalue weighted by Crippen LogP contribution is 2.28. The molecule has 0 spiro atoms. The van der Waals surface area contributed by atoms with Crippen LogP contribution in [0.4, 0.5) is 5.69 Å². The smallest absolute Gasteiger partial charge is 0.267 e. The number of nitrogens with one attached hydrogen (secondary N) is 4. The summed E-state index contributed by atoms with van der Waals surface area (Å²) in [5.41, 5.74) is 4.32. The number of carbonyl (C=O) groups is 1. The van der Waals surface area contributed by atoms with Crippen molar-refractivity contribution in [2.24, 2.45) is 0 Å². The van der Waals surface area contributed by atoms with Crippen molar-refractivity contribution in [1.82, 2.24) is 15.6 Å². The molecule has 4 aromatic rings. The highest BCUT2D eigenvalue weighted by molar-refractivity contribution is 7.92. The summed E-state index contributed by atoms with van der Waals surface area (Å²) in [6, 6.07) is 22.6. The normalized spacial score (nSPS) is 13.1. The number of fused-ring (bicyclic) bond motifs is 1. The van der Waals surface area contributed by atoms with Crippen molar-refractivity contribution in [1.29, 1.82) is 0 Å². The zero-order valence-corrected chi connectivity index (χ0v) is 24.2. The third kappa shape index (κ3) is 9.07. The summed E-state index contributed by atoms with van der Waals surface area (Å²) in [5.74, 6) is -0.331. The van der Waals surface area contributed by atoms with Gasteiger partial charge in [-0.25, -0.2) is 8.42 Å². The molecule has 0 saturated carbocycles. The molecule has 0 aliphatic heterocycles. The molecule has 9 nitrogen and oxygen atoms in total. The van der Waals surface area contributed by atoms with Gasteiger partial charge in [0.1, 0.15) is 11.4 Å². The highest BCUT2D eigenvalue weighted by atomic mass is 32.2. The van der Waals surface area contributed by atoms with Crippen LogP contribution in [-0.4, -0.2) is 54.9 Å². The molecule has 41 heavy (non-hydrogen) atoms. The standard InChI is InChI=1S/C31H38N4O5S/c1-21(33-20-30(37)24-12-14-29(36)27(18-24)35-41(2,39)40)16-23-11-13-26-25(17-23)19-28(34-26)31(38)32-15-7-6-10-22-8-4-3-5-9-22/h3-5,8-9,11-14,17-19,21,30,33-37H,6-7,10,15-16,20H2,1-2H3,(H,32,38)/t21-,30+/m1/s1. The topological polar surface area (TPSA) is 144 Å². The second-order valence-corrected chi connectivity index (χ2v) is 12.2. The number of aliphatic hydroxyl groups is 1. The lowest BCUT2D eigenvalue weighted by atomic mass is 10.0. The number of anilines is 1. The maximum absolute atomic E-state index is 12.7. The lowest BCUT2D eigenvalue weighted by molar-refractivity contribution is 0.0949. The van der Waals surface area contributed by atoms with Crippen molar-refractivity contribution >= 4 is 32.5 Å². The van der Waals surface area contributed by atoms with Crippen molar-refractivity contribution in [3.63, 3.8) is 0 Å². The minimum atomic E-state index is -3.57. The van der Waals surface area contributed by atoms with Crippen LogP contribution < -0.4 is 15.4 Å². The molecule has 1 heterocycles. The second kappa shape index (κ2) is 13.7. The van der Waals surface area contributed by atoms with Crippen LogP contribution in [0.1, 0.15) is 53.0 Å². The van der Waals surface area contributed by atoms with Gasteiger partial charge >= 0.3 is 0 Å². The van der Waals surface area contributed by atoms with Crippen LogP contribution in [0.3, 0.4) is 0 Å². The molecule has 0 saturated heterocycles. The summed E-state index contributed by atoms with van der Waals surface area (Å²) < 4.78 is 25.3. The van der Waals surface area contributed by atoms with Crippen LogP contribution in [0, 0.1) is 0 Å². The van der Waals surface area contributed by atoms with E-state index in [9.17, 15) is 23.4 Å². The molecular formula is C31H38N4O5S. The zero-order chi connectivity index (χ0) is 29.4. The van der Waals surface area contributed by atoms with E-state index in [1.165, 1.54) is 17.7 Å². The molecule has 0 aliphatic carbocycles. The molecule has 4 rings (SSSR count). The number of aromatic amines is 1. The minimum Gasteiger partial charge on any atom is -0.506 e. The van der Waals surface area contributed by atoms with Crippen LogP contribution in [-0.2, 0) is 22.9 Å². The monoisotopic (exact) mass is 578 g/mol. The van der Waals surface area contributed by atoms with E-state index in [4.69, 9.17) is 0 Å². The minimum absolute atomic E-state index is 0.0213. The van der Waals surface area contributed by atoms with E-state index in [0.29, 0.717) is 24.2 Å². The van der Waals surface area contributed by atoms with Gasteiger partial charge in [0.25, 0.3) is 5.91 Å². The first kappa shape index (κ1) is 30.1. The number of benzene rings is 3. The SMILES string of the molecule is C[C@H](Cc1ccc2[nH]c(C(=O)NCCCCc3ccccc3)cc2c1)NC[C@H](O)c1ccc(O)c(NS(C)(=O)=O)c1. The molecule has 1 amide bonds. The van der Waals surface area contributed by atoms with Crippen LogP contribution in [0.25, 0.3) is 10.9 Å². The number of amides is 1. The fourth-order valence-corrected chi connectivity index (χ4v) is 5.29. The largest absolute Gasteiger partial charge is 0.506 e.